The second-order valence-corrected chi connectivity index (χ2v) is 7.51. The molecule has 2 aromatic carbocycles. The highest BCUT2D eigenvalue weighted by Gasteiger charge is 2.20. The minimum Gasteiger partial charge on any atom is -0.461 e. The number of hydrogen-bond donors (Lipinski definition) is 4. The summed E-state index contributed by atoms with van der Waals surface area (Å²) in [6, 6.07) is 15.1. The van der Waals surface area contributed by atoms with Crippen molar-refractivity contribution in [2.24, 2.45) is 5.73 Å². The number of hydrogen-bond acceptors (Lipinski definition) is 5. The van der Waals surface area contributed by atoms with E-state index in [1.54, 1.807) is 24.3 Å². The van der Waals surface area contributed by atoms with E-state index in [9.17, 15) is 19.2 Å². The van der Waals surface area contributed by atoms with Crippen LogP contribution in [0, 0.1) is 0 Å². The lowest BCUT2D eigenvalue weighted by atomic mass is 10.1. The number of ether oxygens (including phenoxy) is 1. The molecule has 0 saturated heterocycles. The van der Waals surface area contributed by atoms with Crippen molar-refractivity contribution in [2.75, 3.05) is 11.9 Å². The van der Waals surface area contributed by atoms with Crippen molar-refractivity contribution in [3.8, 4) is 0 Å². The Hall–Kier alpha value is -3.88. The first-order chi connectivity index (χ1) is 15.8. The third kappa shape index (κ3) is 10.3. The number of carbonyl (C=O) groups is 4. The Bertz CT molecular complexity index is 932. The molecule has 9 nitrogen and oxygen atoms in total. The van der Waals surface area contributed by atoms with Crippen LogP contribution in [0.4, 0.5) is 10.5 Å². The summed E-state index contributed by atoms with van der Waals surface area (Å²) >= 11 is 0. The van der Waals surface area contributed by atoms with Crippen LogP contribution >= 0.6 is 0 Å². The van der Waals surface area contributed by atoms with E-state index in [0.717, 1.165) is 11.1 Å². The smallest absolute Gasteiger partial charge is 0.312 e. The highest BCUT2D eigenvalue weighted by atomic mass is 16.5. The molecule has 0 aliphatic heterocycles. The molecule has 0 spiro atoms. The van der Waals surface area contributed by atoms with E-state index in [2.05, 4.69) is 16.0 Å². The highest BCUT2D eigenvalue weighted by Crippen LogP contribution is 2.12. The fraction of sp³-hybridized carbons (Fsp3) is 0.333. The zero-order valence-electron chi connectivity index (χ0n) is 18.6. The second kappa shape index (κ2) is 13.5. The maximum absolute atomic E-state index is 12.8. The quantitative estimate of drug-likeness (QED) is 0.288. The summed E-state index contributed by atoms with van der Waals surface area (Å²) in [5, 5.41) is 8.05. The van der Waals surface area contributed by atoms with Gasteiger partial charge in [0, 0.05) is 25.6 Å². The molecule has 0 radical (unpaired) electrons. The largest absolute Gasteiger partial charge is 0.461 e. The van der Waals surface area contributed by atoms with E-state index in [1.807, 2.05) is 30.3 Å². The van der Waals surface area contributed by atoms with Crippen LogP contribution < -0.4 is 21.7 Å². The van der Waals surface area contributed by atoms with Gasteiger partial charge < -0.3 is 26.4 Å². The Morgan fingerprint density at radius 1 is 0.970 bits per heavy atom. The molecule has 0 aromatic heterocycles. The first kappa shape index (κ1) is 25.4. The summed E-state index contributed by atoms with van der Waals surface area (Å²) in [5.74, 6) is -0.975. The summed E-state index contributed by atoms with van der Waals surface area (Å²) in [4.78, 5) is 47.1. The number of benzene rings is 2. The van der Waals surface area contributed by atoms with Gasteiger partial charge in [0.2, 0.25) is 11.8 Å². The number of urea groups is 1. The fourth-order valence-corrected chi connectivity index (χ4v) is 3.05. The van der Waals surface area contributed by atoms with Crippen molar-refractivity contribution in [1.82, 2.24) is 10.6 Å². The molecule has 0 heterocycles. The zero-order valence-corrected chi connectivity index (χ0v) is 18.6. The van der Waals surface area contributed by atoms with E-state index in [0.29, 0.717) is 31.5 Å². The normalized spacial score (nSPS) is 11.2. The minimum atomic E-state index is -0.774. The molecule has 33 heavy (non-hydrogen) atoms. The number of carbonyl (C=O) groups excluding carboxylic acids is 4. The molecular formula is C24H30N4O5. The third-order valence-corrected chi connectivity index (χ3v) is 4.77. The molecule has 5 N–H and O–H groups in total. The lowest BCUT2D eigenvalue weighted by Crippen LogP contribution is -2.44. The van der Waals surface area contributed by atoms with Gasteiger partial charge in [-0.25, -0.2) is 4.79 Å². The van der Waals surface area contributed by atoms with Crippen molar-refractivity contribution in [1.29, 1.82) is 0 Å². The molecule has 0 saturated carbocycles. The number of nitrogens with one attached hydrogen (secondary N) is 3. The first-order valence-electron chi connectivity index (χ1n) is 10.7. The predicted molar refractivity (Wildman–Crippen MR) is 124 cm³/mol. The summed E-state index contributed by atoms with van der Waals surface area (Å²) in [7, 11) is 0. The Morgan fingerprint density at radius 2 is 1.67 bits per heavy atom. The summed E-state index contributed by atoms with van der Waals surface area (Å²) in [6.45, 7) is 1.78. The minimum absolute atomic E-state index is 0.149. The van der Waals surface area contributed by atoms with Gasteiger partial charge in [-0.15, -0.1) is 0 Å². The van der Waals surface area contributed by atoms with Gasteiger partial charge in [0.25, 0.3) is 0 Å². The Kier molecular flexibility index (Phi) is 10.4. The standard InChI is InChI=1S/C24H30N4O5/c1-17(29)33-16-19-9-12-20(13-10-19)27-23(31)21(8-5-15-26-24(25)32)28-22(30)14-11-18-6-3-2-4-7-18/h2-4,6-7,9-10,12-13,21H,5,8,11,14-16H2,1H3,(H,27,31)(H,28,30)(H3,25,26,32)/t21-/m0/s1. The third-order valence-electron chi connectivity index (χ3n) is 4.77. The van der Waals surface area contributed by atoms with Crippen molar-refractivity contribution < 1.29 is 23.9 Å². The van der Waals surface area contributed by atoms with Crippen LogP contribution in [0.3, 0.4) is 0 Å². The monoisotopic (exact) mass is 454 g/mol. The summed E-state index contributed by atoms with van der Waals surface area (Å²) < 4.78 is 4.94. The molecule has 0 aliphatic carbocycles. The lowest BCUT2D eigenvalue weighted by molar-refractivity contribution is -0.142. The number of anilines is 1. The van der Waals surface area contributed by atoms with Gasteiger partial charge in [0.05, 0.1) is 0 Å². The number of rotatable bonds is 12. The Labute approximate surface area is 193 Å². The van der Waals surface area contributed by atoms with Gasteiger partial charge in [-0.3, -0.25) is 14.4 Å². The second-order valence-electron chi connectivity index (χ2n) is 7.51. The lowest BCUT2D eigenvalue weighted by Gasteiger charge is -2.19. The van der Waals surface area contributed by atoms with Crippen LogP contribution in [0.1, 0.15) is 37.3 Å². The number of esters is 1. The van der Waals surface area contributed by atoms with Gasteiger partial charge in [0.1, 0.15) is 12.6 Å². The van der Waals surface area contributed by atoms with Gasteiger partial charge in [-0.1, -0.05) is 42.5 Å². The number of amides is 4. The van der Waals surface area contributed by atoms with E-state index >= 15 is 0 Å². The van der Waals surface area contributed by atoms with E-state index in [1.165, 1.54) is 6.92 Å². The van der Waals surface area contributed by atoms with E-state index < -0.39 is 12.1 Å². The van der Waals surface area contributed by atoms with E-state index in [4.69, 9.17) is 10.5 Å². The molecular weight excluding hydrogens is 424 g/mol. The van der Waals surface area contributed by atoms with Gasteiger partial charge in [-0.05, 0) is 42.5 Å². The van der Waals surface area contributed by atoms with Gasteiger partial charge in [0.15, 0.2) is 0 Å². The Balaban J connectivity index is 1.94. The number of primary amides is 1. The molecule has 9 heteroatoms. The maximum Gasteiger partial charge on any atom is 0.312 e. The number of nitrogens with two attached hydrogens (primary N) is 1. The highest BCUT2D eigenvalue weighted by molar-refractivity contribution is 5.97. The molecule has 0 aliphatic rings. The predicted octanol–water partition coefficient (Wildman–Crippen LogP) is 2.25. The molecule has 0 unspecified atom stereocenters. The zero-order chi connectivity index (χ0) is 24.1. The van der Waals surface area contributed by atoms with Crippen molar-refractivity contribution in [3.63, 3.8) is 0 Å². The van der Waals surface area contributed by atoms with Crippen LogP contribution in [0.25, 0.3) is 0 Å². The molecule has 4 amide bonds. The molecule has 0 fully saturated rings. The van der Waals surface area contributed by atoms with Crippen LogP contribution in [0.2, 0.25) is 0 Å². The SMILES string of the molecule is CC(=O)OCc1ccc(NC(=O)[C@H](CCCNC(N)=O)NC(=O)CCc2ccccc2)cc1. The maximum atomic E-state index is 12.8. The van der Waals surface area contributed by atoms with Gasteiger partial charge in [-0.2, -0.15) is 0 Å². The first-order valence-corrected chi connectivity index (χ1v) is 10.7. The van der Waals surface area contributed by atoms with Gasteiger partial charge >= 0.3 is 12.0 Å². The van der Waals surface area contributed by atoms with Crippen LogP contribution in [0.5, 0.6) is 0 Å². The topological polar surface area (TPSA) is 140 Å². The average Bonchev–Trinajstić information content (AvgIpc) is 2.79. The molecule has 0 bridgehead atoms. The van der Waals surface area contributed by atoms with Crippen LogP contribution in [-0.4, -0.2) is 36.4 Å². The molecule has 2 aromatic rings. The average molecular weight is 455 g/mol. The number of aryl methyl sites for hydroxylation is 1. The molecule has 2 rings (SSSR count). The fourth-order valence-electron chi connectivity index (χ4n) is 3.05. The van der Waals surface area contributed by atoms with Crippen molar-refractivity contribution in [2.45, 2.75) is 45.3 Å². The van der Waals surface area contributed by atoms with E-state index in [-0.39, 0.29) is 30.8 Å². The summed E-state index contributed by atoms with van der Waals surface area (Å²) in [6.07, 6.45) is 1.60. The van der Waals surface area contributed by atoms with Crippen molar-refractivity contribution >= 4 is 29.5 Å². The van der Waals surface area contributed by atoms with Crippen LogP contribution in [-0.2, 0) is 32.1 Å². The van der Waals surface area contributed by atoms with Crippen LogP contribution in [0.15, 0.2) is 54.6 Å². The summed E-state index contributed by atoms with van der Waals surface area (Å²) in [5.41, 5.74) is 7.44. The Morgan fingerprint density at radius 3 is 2.30 bits per heavy atom. The molecule has 176 valence electrons. The molecule has 1 atom stereocenters. The van der Waals surface area contributed by atoms with Crippen molar-refractivity contribution in [3.05, 3.63) is 65.7 Å².